The normalized spacial score (nSPS) is 10.9. The Kier molecular flexibility index (Phi) is 6.17. The maximum absolute atomic E-state index is 12.9. The maximum atomic E-state index is 12.9. The number of carbonyl (C=O) groups is 1. The quantitative estimate of drug-likeness (QED) is 0.506. The molecule has 1 amide bonds. The summed E-state index contributed by atoms with van der Waals surface area (Å²) in [4.78, 5) is 29.6. The Hall–Kier alpha value is -3.80. The number of nitrogens with one attached hydrogen (secondary N) is 1. The zero-order valence-corrected chi connectivity index (χ0v) is 17.4. The summed E-state index contributed by atoms with van der Waals surface area (Å²) >= 11 is 0. The Bertz CT molecular complexity index is 1270. The van der Waals surface area contributed by atoms with Gasteiger partial charge in [0, 0.05) is 30.7 Å². The average molecular weight is 412 g/mol. The molecule has 156 valence electrons. The van der Waals surface area contributed by atoms with Crippen molar-refractivity contribution in [1.82, 2.24) is 20.1 Å². The lowest BCUT2D eigenvalue weighted by molar-refractivity contribution is -0.121. The van der Waals surface area contributed by atoms with Crippen LogP contribution in [0.15, 0.2) is 77.9 Å². The molecular formula is C25H24N4O2. The molecule has 6 heteroatoms. The molecule has 0 bridgehead atoms. The van der Waals surface area contributed by atoms with Gasteiger partial charge in [0.05, 0.1) is 11.1 Å². The van der Waals surface area contributed by atoms with Crippen LogP contribution in [0.4, 0.5) is 0 Å². The molecule has 0 radical (unpaired) electrons. The van der Waals surface area contributed by atoms with Crippen LogP contribution in [0.2, 0.25) is 0 Å². The van der Waals surface area contributed by atoms with E-state index in [2.05, 4.69) is 21.5 Å². The van der Waals surface area contributed by atoms with Gasteiger partial charge in [-0.25, -0.2) is 4.68 Å². The van der Waals surface area contributed by atoms with Gasteiger partial charge >= 0.3 is 0 Å². The molecule has 0 aliphatic rings. The zero-order chi connectivity index (χ0) is 21.6. The van der Waals surface area contributed by atoms with E-state index in [0.29, 0.717) is 18.4 Å². The van der Waals surface area contributed by atoms with Crippen LogP contribution in [0.5, 0.6) is 0 Å². The highest BCUT2D eigenvalue weighted by atomic mass is 16.2. The highest BCUT2D eigenvalue weighted by Crippen LogP contribution is 2.16. The predicted molar refractivity (Wildman–Crippen MR) is 121 cm³/mol. The lowest BCUT2D eigenvalue weighted by Gasteiger charge is -2.11. The van der Waals surface area contributed by atoms with Crippen molar-refractivity contribution >= 4 is 16.7 Å². The second-order valence-corrected chi connectivity index (χ2v) is 7.58. The number of hydrogen-bond donors (Lipinski definition) is 1. The van der Waals surface area contributed by atoms with Crippen LogP contribution in [-0.4, -0.2) is 27.2 Å². The molecule has 2 aromatic heterocycles. The molecule has 2 aromatic carbocycles. The molecule has 2 heterocycles. The van der Waals surface area contributed by atoms with Crippen LogP contribution in [-0.2, 0) is 24.2 Å². The molecule has 0 fully saturated rings. The second-order valence-electron chi connectivity index (χ2n) is 7.58. The SMILES string of the molecule is Cc1cccc(CCNC(=O)Cn2nc(Cc3cccnc3)c3ccccc3c2=O)c1. The zero-order valence-electron chi connectivity index (χ0n) is 17.4. The van der Waals surface area contributed by atoms with Crippen LogP contribution in [0.3, 0.4) is 0 Å². The van der Waals surface area contributed by atoms with Crippen molar-refractivity contribution in [3.05, 3.63) is 106 Å². The van der Waals surface area contributed by atoms with Crippen LogP contribution >= 0.6 is 0 Å². The summed E-state index contributed by atoms with van der Waals surface area (Å²) in [6.07, 6.45) is 4.77. The summed E-state index contributed by atoms with van der Waals surface area (Å²) in [5.74, 6) is -0.232. The van der Waals surface area contributed by atoms with Gasteiger partial charge in [0.25, 0.3) is 5.56 Å². The van der Waals surface area contributed by atoms with Gasteiger partial charge in [0.1, 0.15) is 6.54 Å². The van der Waals surface area contributed by atoms with E-state index in [4.69, 9.17) is 0 Å². The van der Waals surface area contributed by atoms with Crippen LogP contribution in [0, 0.1) is 6.92 Å². The minimum absolute atomic E-state index is 0.114. The number of nitrogens with zero attached hydrogens (tertiary/aromatic N) is 3. The first-order chi connectivity index (χ1) is 15.1. The van der Waals surface area contributed by atoms with E-state index in [1.165, 1.54) is 15.8 Å². The number of rotatable bonds is 7. The van der Waals surface area contributed by atoms with E-state index in [1.807, 2.05) is 55.5 Å². The van der Waals surface area contributed by atoms with Crippen molar-refractivity contribution in [3.8, 4) is 0 Å². The molecule has 0 aliphatic carbocycles. The average Bonchev–Trinajstić information content (AvgIpc) is 2.78. The third-order valence-corrected chi connectivity index (χ3v) is 5.15. The Balaban J connectivity index is 1.52. The Morgan fingerprint density at radius 3 is 2.58 bits per heavy atom. The van der Waals surface area contributed by atoms with Gasteiger partial charge in [-0.2, -0.15) is 5.10 Å². The van der Waals surface area contributed by atoms with E-state index >= 15 is 0 Å². The van der Waals surface area contributed by atoms with Crippen LogP contribution in [0.25, 0.3) is 10.8 Å². The van der Waals surface area contributed by atoms with E-state index in [-0.39, 0.29) is 18.0 Å². The first-order valence-corrected chi connectivity index (χ1v) is 10.3. The van der Waals surface area contributed by atoms with Gasteiger partial charge in [-0.3, -0.25) is 14.6 Å². The predicted octanol–water partition coefficient (Wildman–Crippen LogP) is 3.05. The fourth-order valence-corrected chi connectivity index (χ4v) is 3.64. The number of pyridine rings is 1. The number of carbonyl (C=O) groups excluding carboxylic acids is 1. The molecule has 0 atom stereocenters. The standard InChI is InChI=1S/C25H24N4O2/c1-18-6-4-7-19(14-18)11-13-27-24(30)17-29-25(31)22-10-3-2-9-21(22)23(28-29)15-20-8-5-12-26-16-20/h2-10,12,14,16H,11,13,15,17H2,1H3,(H,27,30). The van der Waals surface area contributed by atoms with Gasteiger partial charge < -0.3 is 5.32 Å². The van der Waals surface area contributed by atoms with Gasteiger partial charge in [0.15, 0.2) is 0 Å². The van der Waals surface area contributed by atoms with Crippen molar-refractivity contribution < 1.29 is 4.79 Å². The number of amides is 1. The number of fused-ring (bicyclic) bond motifs is 1. The molecule has 4 aromatic rings. The van der Waals surface area contributed by atoms with Gasteiger partial charge in [-0.15, -0.1) is 0 Å². The Morgan fingerprint density at radius 2 is 1.81 bits per heavy atom. The molecule has 6 nitrogen and oxygen atoms in total. The molecule has 0 saturated carbocycles. The van der Waals surface area contributed by atoms with E-state index in [0.717, 1.165) is 23.1 Å². The maximum Gasteiger partial charge on any atom is 0.275 e. The van der Waals surface area contributed by atoms with E-state index in [9.17, 15) is 9.59 Å². The lowest BCUT2D eigenvalue weighted by Crippen LogP contribution is -2.35. The van der Waals surface area contributed by atoms with Gasteiger partial charge in [-0.1, -0.05) is 54.1 Å². The number of aryl methyl sites for hydroxylation is 1. The Morgan fingerprint density at radius 1 is 1.00 bits per heavy atom. The van der Waals surface area contributed by atoms with Crippen molar-refractivity contribution in [2.75, 3.05) is 6.54 Å². The van der Waals surface area contributed by atoms with Crippen molar-refractivity contribution in [2.45, 2.75) is 26.3 Å². The minimum atomic E-state index is -0.264. The fraction of sp³-hybridized carbons (Fsp3) is 0.200. The second kappa shape index (κ2) is 9.34. The number of benzene rings is 2. The largest absolute Gasteiger partial charge is 0.354 e. The molecular weight excluding hydrogens is 388 g/mol. The summed E-state index contributed by atoms with van der Waals surface area (Å²) in [5.41, 5.74) is 3.83. The molecule has 4 rings (SSSR count). The molecule has 0 aliphatic heterocycles. The molecule has 0 saturated heterocycles. The van der Waals surface area contributed by atoms with Gasteiger partial charge in [-0.05, 0) is 36.6 Å². The highest BCUT2D eigenvalue weighted by Gasteiger charge is 2.13. The molecule has 0 spiro atoms. The summed E-state index contributed by atoms with van der Waals surface area (Å²) in [6.45, 7) is 2.44. The summed E-state index contributed by atoms with van der Waals surface area (Å²) in [7, 11) is 0. The monoisotopic (exact) mass is 412 g/mol. The van der Waals surface area contributed by atoms with Crippen molar-refractivity contribution in [2.24, 2.45) is 0 Å². The summed E-state index contributed by atoms with van der Waals surface area (Å²) < 4.78 is 1.26. The number of hydrogen-bond acceptors (Lipinski definition) is 4. The third-order valence-electron chi connectivity index (χ3n) is 5.15. The first kappa shape index (κ1) is 20.5. The van der Waals surface area contributed by atoms with Crippen molar-refractivity contribution in [3.63, 3.8) is 0 Å². The fourth-order valence-electron chi connectivity index (χ4n) is 3.64. The van der Waals surface area contributed by atoms with E-state index < -0.39 is 0 Å². The smallest absolute Gasteiger partial charge is 0.275 e. The third kappa shape index (κ3) is 5.04. The van der Waals surface area contributed by atoms with Gasteiger partial charge in [0.2, 0.25) is 5.91 Å². The molecule has 0 unspecified atom stereocenters. The molecule has 31 heavy (non-hydrogen) atoms. The first-order valence-electron chi connectivity index (χ1n) is 10.3. The number of aromatic nitrogens is 3. The molecule has 1 N–H and O–H groups in total. The van der Waals surface area contributed by atoms with Crippen LogP contribution < -0.4 is 10.9 Å². The topological polar surface area (TPSA) is 76.9 Å². The van der Waals surface area contributed by atoms with Crippen LogP contribution in [0.1, 0.15) is 22.4 Å². The van der Waals surface area contributed by atoms with Crippen molar-refractivity contribution in [1.29, 1.82) is 0 Å². The Labute approximate surface area is 180 Å². The lowest BCUT2D eigenvalue weighted by atomic mass is 10.1. The summed E-state index contributed by atoms with van der Waals surface area (Å²) in [6, 6.07) is 19.4. The highest BCUT2D eigenvalue weighted by molar-refractivity contribution is 5.84. The van der Waals surface area contributed by atoms with E-state index in [1.54, 1.807) is 18.5 Å². The minimum Gasteiger partial charge on any atom is -0.354 e. The summed E-state index contributed by atoms with van der Waals surface area (Å²) in [5, 5.41) is 8.78.